The zero-order chi connectivity index (χ0) is 13.7. The molecule has 6 nitrogen and oxygen atoms in total. The van der Waals surface area contributed by atoms with Gasteiger partial charge >= 0.3 is 5.97 Å². The molecule has 0 spiro atoms. The second kappa shape index (κ2) is 6.23. The number of carbonyl (C=O) groups excluding carboxylic acids is 1. The average Bonchev–Trinajstić information content (AvgIpc) is 2.37. The first-order valence-electron chi connectivity index (χ1n) is 5.29. The lowest BCUT2D eigenvalue weighted by molar-refractivity contribution is -0.144. The van der Waals surface area contributed by atoms with Gasteiger partial charge in [0.05, 0.1) is 26.7 Å². The number of aromatic hydroxyl groups is 1. The van der Waals surface area contributed by atoms with Gasteiger partial charge in [-0.1, -0.05) is 0 Å². The van der Waals surface area contributed by atoms with E-state index in [4.69, 9.17) is 4.74 Å². The molecule has 18 heavy (non-hydrogen) atoms. The molecule has 1 aromatic rings. The predicted molar refractivity (Wildman–Crippen MR) is 62.3 cm³/mol. The van der Waals surface area contributed by atoms with Gasteiger partial charge in [-0.2, -0.15) is 0 Å². The van der Waals surface area contributed by atoms with Crippen molar-refractivity contribution in [3.8, 4) is 11.5 Å². The Morgan fingerprint density at radius 1 is 1.33 bits per heavy atom. The molecule has 0 heterocycles. The van der Waals surface area contributed by atoms with Gasteiger partial charge in [0, 0.05) is 11.6 Å². The molecule has 0 radical (unpaired) electrons. The zero-order valence-electron chi connectivity index (χ0n) is 10.2. The van der Waals surface area contributed by atoms with Gasteiger partial charge < -0.3 is 24.8 Å². The molecule has 0 aliphatic carbocycles. The molecule has 0 aliphatic heterocycles. The first-order chi connectivity index (χ1) is 8.49. The van der Waals surface area contributed by atoms with E-state index in [2.05, 4.69) is 4.74 Å². The summed E-state index contributed by atoms with van der Waals surface area (Å²) in [4.78, 5) is 11.0. The molecule has 2 atom stereocenters. The number of phenolic OH excluding ortho intramolecular Hbond substituents is 1. The molecular weight excluding hydrogens is 240 g/mol. The second-order valence-corrected chi connectivity index (χ2v) is 3.72. The predicted octanol–water partition coefficient (Wildman–Crippen LogP) is 0.358. The number of aliphatic hydroxyl groups is 2. The van der Waals surface area contributed by atoms with Gasteiger partial charge in [0.25, 0.3) is 0 Å². The molecule has 0 bridgehead atoms. The number of rotatable bonds is 5. The Bertz CT molecular complexity index is 417. The minimum atomic E-state index is -1.31. The van der Waals surface area contributed by atoms with Gasteiger partial charge in [-0.05, 0) is 12.1 Å². The maximum Gasteiger partial charge on any atom is 0.308 e. The number of hydrogen-bond acceptors (Lipinski definition) is 6. The number of methoxy groups -OCH3 is 2. The summed E-state index contributed by atoms with van der Waals surface area (Å²) in [6.07, 6.45) is -2.95. The number of benzene rings is 1. The van der Waals surface area contributed by atoms with Crippen LogP contribution in [0.1, 0.15) is 18.1 Å². The number of esters is 1. The lowest BCUT2D eigenvalue weighted by Crippen LogP contribution is -2.23. The van der Waals surface area contributed by atoms with Crippen LogP contribution in [0.4, 0.5) is 0 Å². The molecule has 0 saturated carbocycles. The first-order valence-corrected chi connectivity index (χ1v) is 5.29. The first kappa shape index (κ1) is 14.3. The molecule has 1 rings (SSSR count). The highest BCUT2D eigenvalue weighted by molar-refractivity contribution is 5.69. The molecule has 2 unspecified atom stereocenters. The molecule has 0 fully saturated rings. The van der Waals surface area contributed by atoms with Crippen LogP contribution in [0.2, 0.25) is 0 Å². The summed E-state index contributed by atoms with van der Waals surface area (Å²) in [5, 5.41) is 28.9. The molecule has 6 heteroatoms. The number of phenols is 1. The van der Waals surface area contributed by atoms with Crippen molar-refractivity contribution in [2.45, 2.75) is 18.6 Å². The van der Waals surface area contributed by atoms with Crippen molar-refractivity contribution in [1.29, 1.82) is 0 Å². The van der Waals surface area contributed by atoms with E-state index in [1.54, 1.807) is 0 Å². The summed E-state index contributed by atoms with van der Waals surface area (Å²) in [5.74, 6) is -0.420. The molecular formula is C12H16O6. The summed E-state index contributed by atoms with van der Waals surface area (Å²) < 4.78 is 9.38. The van der Waals surface area contributed by atoms with E-state index in [9.17, 15) is 20.1 Å². The molecule has 0 saturated heterocycles. The van der Waals surface area contributed by atoms with Gasteiger partial charge in [-0.25, -0.2) is 0 Å². The van der Waals surface area contributed by atoms with E-state index < -0.39 is 18.2 Å². The fraction of sp³-hybridized carbons (Fsp3) is 0.417. The van der Waals surface area contributed by atoms with Gasteiger partial charge in [0.2, 0.25) is 0 Å². The Hall–Kier alpha value is -1.79. The highest BCUT2D eigenvalue weighted by atomic mass is 16.5. The van der Waals surface area contributed by atoms with Gasteiger partial charge in [-0.3, -0.25) is 4.79 Å². The largest absolute Gasteiger partial charge is 0.508 e. The van der Waals surface area contributed by atoms with E-state index in [0.717, 1.165) is 0 Å². The second-order valence-electron chi connectivity index (χ2n) is 3.72. The minimum absolute atomic E-state index is 0.0229. The normalized spacial score (nSPS) is 13.8. The average molecular weight is 256 g/mol. The number of carbonyl (C=O) groups is 1. The van der Waals surface area contributed by atoms with Crippen molar-refractivity contribution < 1.29 is 29.6 Å². The van der Waals surface area contributed by atoms with Crippen LogP contribution < -0.4 is 4.74 Å². The standard InChI is InChI=1S/C12H16O6/c1-17-10-5-7(13)3-4-8(10)12(16)9(14)6-11(15)18-2/h3-5,9,12-14,16H,6H2,1-2H3. The van der Waals surface area contributed by atoms with Crippen LogP contribution in [0.5, 0.6) is 11.5 Å². The van der Waals surface area contributed by atoms with E-state index >= 15 is 0 Å². The third-order valence-corrected chi connectivity index (χ3v) is 2.50. The van der Waals surface area contributed by atoms with Crippen LogP contribution >= 0.6 is 0 Å². The topological polar surface area (TPSA) is 96.2 Å². The summed E-state index contributed by atoms with van der Waals surface area (Å²) >= 11 is 0. The van der Waals surface area contributed by atoms with E-state index in [1.165, 1.54) is 32.4 Å². The molecule has 1 aromatic carbocycles. The van der Waals surface area contributed by atoms with E-state index in [0.29, 0.717) is 0 Å². The number of aliphatic hydroxyl groups excluding tert-OH is 2. The lowest BCUT2D eigenvalue weighted by atomic mass is 10.0. The highest BCUT2D eigenvalue weighted by Gasteiger charge is 2.24. The minimum Gasteiger partial charge on any atom is -0.508 e. The van der Waals surface area contributed by atoms with Crippen LogP contribution in [0.25, 0.3) is 0 Å². The summed E-state index contributed by atoms with van der Waals surface area (Å²) in [5.41, 5.74) is 0.284. The van der Waals surface area contributed by atoms with Crippen molar-refractivity contribution in [2.24, 2.45) is 0 Å². The van der Waals surface area contributed by atoms with E-state index in [-0.39, 0.29) is 23.5 Å². The summed E-state index contributed by atoms with van der Waals surface area (Å²) in [6.45, 7) is 0. The molecule has 0 aliphatic rings. The molecule has 0 aromatic heterocycles. The van der Waals surface area contributed by atoms with E-state index in [1.807, 2.05) is 0 Å². The van der Waals surface area contributed by atoms with Gasteiger partial charge in [-0.15, -0.1) is 0 Å². The van der Waals surface area contributed by atoms with Crippen LogP contribution in [0, 0.1) is 0 Å². The molecule has 100 valence electrons. The Balaban J connectivity index is 2.89. The monoisotopic (exact) mass is 256 g/mol. The zero-order valence-corrected chi connectivity index (χ0v) is 10.2. The van der Waals surface area contributed by atoms with Gasteiger partial charge in [0.1, 0.15) is 17.6 Å². The fourth-order valence-corrected chi connectivity index (χ4v) is 1.52. The Morgan fingerprint density at radius 3 is 2.56 bits per heavy atom. The summed E-state index contributed by atoms with van der Waals surface area (Å²) in [7, 11) is 2.57. The van der Waals surface area contributed by atoms with Gasteiger partial charge in [0.15, 0.2) is 0 Å². The van der Waals surface area contributed by atoms with Crippen molar-refractivity contribution in [3.05, 3.63) is 23.8 Å². The third kappa shape index (κ3) is 3.35. The molecule has 0 amide bonds. The SMILES string of the molecule is COC(=O)CC(O)C(O)c1ccc(O)cc1OC. The fourth-order valence-electron chi connectivity index (χ4n) is 1.52. The number of ether oxygens (including phenoxy) is 2. The van der Waals surface area contributed by atoms with Crippen molar-refractivity contribution in [2.75, 3.05) is 14.2 Å². The van der Waals surface area contributed by atoms with Crippen molar-refractivity contribution in [3.63, 3.8) is 0 Å². The maximum absolute atomic E-state index is 11.0. The lowest BCUT2D eigenvalue weighted by Gasteiger charge is -2.19. The van der Waals surface area contributed by atoms with Crippen LogP contribution in [0.15, 0.2) is 18.2 Å². The smallest absolute Gasteiger partial charge is 0.308 e. The quantitative estimate of drug-likeness (QED) is 0.658. The van der Waals surface area contributed by atoms with Crippen molar-refractivity contribution in [1.82, 2.24) is 0 Å². The number of hydrogen-bond donors (Lipinski definition) is 3. The third-order valence-electron chi connectivity index (χ3n) is 2.50. The highest BCUT2D eigenvalue weighted by Crippen LogP contribution is 2.31. The summed E-state index contributed by atoms with van der Waals surface area (Å²) in [6, 6.07) is 4.08. The Kier molecular flexibility index (Phi) is 4.94. The Morgan fingerprint density at radius 2 is 2.00 bits per heavy atom. The van der Waals surface area contributed by atoms with Crippen molar-refractivity contribution >= 4 is 5.97 Å². The van der Waals surface area contributed by atoms with Crippen LogP contribution in [-0.2, 0) is 9.53 Å². The molecule has 3 N–H and O–H groups in total. The van der Waals surface area contributed by atoms with Crippen LogP contribution in [-0.4, -0.2) is 41.6 Å². The Labute approximate surface area is 104 Å². The van der Waals surface area contributed by atoms with Crippen LogP contribution in [0.3, 0.4) is 0 Å². The maximum atomic E-state index is 11.0.